The van der Waals surface area contributed by atoms with Crippen molar-refractivity contribution in [2.45, 2.75) is 111 Å². The first kappa shape index (κ1) is 19.7. The molecule has 120 valence electrons. The minimum Gasteiger partial charge on any atom is -0.299 e. The molecule has 0 rings (SSSR count). The number of hydrogen-bond acceptors (Lipinski definition) is 1. The molecule has 0 heterocycles. The van der Waals surface area contributed by atoms with Crippen LogP contribution in [0.1, 0.15) is 111 Å². The van der Waals surface area contributed by atoms with Crippen molar-refractivity contribution >= 4 is 5.78 Å². The van der Waals surface area contributed by atoms with Gasteiger partial charge in [-0.05, 0) is 25.7 Å². The SMILES string of the molecule is CCCCCC(=O)C(CCCC)(CCCC)CCCC. The van der Waals surface area contributed by atoms with Crippen molar-refractivity contribution in [2.24, 2.45) is 5.41 Å². The van der Waals surface area contributed by atoms with Crippen LogP contribution in [-0.4, -0.2) is 5.78 Å². The highest BCUT2D eigenvalue weighted by Crippen LogP contribution is 2.39. The van der Waals surface area contributed by atoms with Gasteiger partial charge in [-0.3, -0.25) is 4.79 Å². The molecule has 0 unspecified atom stereocenters. The van der Waals surface area contributed by atoms with E-state index in [0.29, 0.717) is 5.78 Å². The molecule has 0 aliphatic heterocycles. The highest BCUT2D eigenvalue weighted by Gasteiger charge is 2.35. The number of unbranched alkanes of at least 4 members (excludes halogenated alkanes) is 5. The van der Waals surface area contributed by atoms with Gasteiger partial charge in [-0.25, -0.2) is 0 Å². The predicted molar refractivity (Wildman–Crippen MR) is 90.2 cm³/mol. The number of rotatable bonds is 14. The van der Waals surface area contributed by atoms with Crippen LogP contribution in [0.3, 0.4) is 0 Å². The summed E-state index contributed by atoms with van der Waals surface area (Å²) in [5.74, 6) is 0.585. The number of ketones is 1. The second-order valence-electron chi connectivity index (χ2n) is 6.47. The van der Waals surface area contributed by atoms with Crippen LogP contribution in [0.25, 0.3) is 0 Å². The van der Waals surface area contributed by atoms with Gasteiger partial charge in [-0.2, -0.15) is 0 Å². The smallest absolute Gasteiger partial charge is 0.139 e. The molecule has 1 nitrogen and oxygen atoms in total. The lowest BCUT2D eigenvalue weighted by molar-refractivity contribution is -0.130. The molecule has 0 amide bonds. The summed E-state index contributed by atoms with van der Waals surface area (Å²) in [6.45, 7) is 8.94. The molecule has 0 fully saturated rings. The van der Waals surface area contributed by atoms with Crippen molar-refractivity contribution in [1.82, 2.24) is 0 Å². The van der Waals surface area contributed by atoms with Crippen LogP contribution >= 0.6 is 0 Å². The minimum absolute atomic E-state index is 0.0236. The summed E-state index contributed by atoms with van der Waals surface area (Å²) in [5.41, 5.74) is 0.0236. The van der Waals surface area contributed by atoms with Gasteiger partial charge in [-0.15, -0.1) is 0 Å². The van der Waals surface area contributed by atoms with Gasteiger partial charge in [0.05, 0.1) is 0 Å². The van der Waals surface area contributed by atoms with Crippen molar-refractivity contribution in [3.63, 3.8) is 0 Å². The molecule has 0 saturated heterocycles. The van der Waals surface area contributed by atoms with E-state index in [-0.39, 0.29) is 5.41 Å². The number of carbonyl (C=O) groups excluding carboxylic acids is 1. The van der Waals surface area contributed by atoms with E-state index in [4.69, 9.17) is 0 Å². The van der Waals surface area contributed by atoms with Gasteiger partial charge in [-0.1, -0.05) is 79.1 Å². The summed E-state index contributed by atoms with van der Waals surface area (Å²) in [4.78, 5) is 12.9. The Morgan fingerprint density at radius 3 is 1.40 bits per heavy atom. The van der Waals surface area contributed by atoms with Gasteiger partial charge < -0.3 is 0 Å². The third-order valence-electron chi connectivity index (χ3n) is 4.63. The Balaban J connectivity index is 4.76. The van der Waals surface area contributed by atoms with Crippen LogP contribution in [0.4, 0.5) is 0 Å². The van der Waals surface area contributed by atoms with Gasteiger partial charge in [0.1, 0.15) is 5.78 Å². The Bertz CT molecular complexity index is 210. The van der Waals surface area contributed by atoms with E-state index in [9.17, 15) is 4.79 Å². The zero-order valence-electron chi connectivity index (χ0n) is 14.6. The fourth-order valence-electron chi connectivity index (χ4n) is 3.14. The Kier molecular flexibility index (Phi) is 12.2. The summed E-state index contributed by atoms with van der Waals surface area (Å²) in [6, 6.07) is 0. The predicted octanol–water partition coefficient (Wildman–Crippen LogP) is 6.69. The average Bonchev–Trinajstić information content (AvgIpc) is 2.47. The molecule has 0 aromatic carbocycles. The fourth-order valence-corrected chi connectivity index (χ4v) is 3.14. The maximum atomic E-state index is 12.9. The lowest BCUT2D eigenvalue weighted by atomic mass is 9.70. The molecule has 0 aliphatic carbocycles. The molecule has 0 saturated carbocycles. The summed E-state index contributed by atoms with van der Waals surface area (Å²) < 4.78 is 0. The first-order valence-electron chi connectivity index (χ1n) is 9.20. The lowest BCUT2D eigenvalue weighted by Crippen LogP contribution is -2.31. The second kappa shape index (κ2) is 12.4. The van der Waals surface area contributed by atoms with Gasteiger partial charge in [0.25, 0.3) is 0 Å². The quantitative estimate of drug-likeness (QED) is 0.324. The van der Waals surface area contributed by atoms with Gasteiger partial charge in [0, 0.05) is 11.8 Å². The number of Topliss-reactive ketones (excluding diaryl/α,β-unsaturated/α-hetero) is 1. The van der Waals surface area contributed by atoms with Gasteiger partial charge >= 0.3 is 0 Å². The molecule has 20 heavy (non-hydrogen) atoms. The average molecular weight is 283 g/mol. The molecule has 0 radical (unpaired) electrons. The van der Waals surface area contributed by atoms with Crippen molar-refractivity contribution in [2.75, 3.05) is 0 Å². The lowest BCUT2D eigenvalue weighted by Gasteiger charge is -2.33. The van der Waals surface area contributed by atoms with Crippen LogP contribution < -0.4 is 0 Å². The van der Waals surface area contributed by atoms with Gasteiger partial charge in [0.2, 0.25) is 0 Å². The van der Waals surface area contributed by atoms with E-state index in [2.05, 4.69) is 27.7 Å². The zero-order chi connectivity index (χ0) is 15.3. The number of carbonyl (C=O) groups is 1. The largest absolute Gasteiger partial charge is 0.299 e. The van der Waals surface area contributed by atoms with E-state index >= 15 is 0 Å². The van der Waals surface area contributed by atoms with Crippen LogP contribution in [0.2, 0.25) is 0 Å². The maximum Gasteiger partial charge on any atom is 0.139 e. The molecule has 0 aliphatic rings. The topological polar surface area (TPSA) is 17.1 Å². The molecular formula is C19H38O. The molecular weight excluding hydrogens is 244 g/mol. The third kappa shape index (κ3) is 7.45. The molecule has 0 bridgehead atoms. The molecule has 1 heteroatoms. The Hall–Kier alpha value is -0.330. The van der Waals surface area contributed by atoms with Crippen LogP contribution in [-0.2, 0) is 4.79 Å². The van der Waals surface area contributed by atoms with E-state index in [1.807, 2.05) is 0 Å². The Morgan fingerprint density at radius 1 is 0.650 bits per heavy atom. The molecule has 0 atom stereocenters. The van der Waals surface area contributed by atoms with Crippen LogP contribution in [0.15, 0.2) is 0 Å². The summed E-state index contributed by atoms with van der Waals surface area (Å²) in [6.07, 6.45) is 15.0. The first-order chi connectivity index (χ1) is 9.66. The highest BCUT2D eigenvalue weighted by molar-refractivity contribution is 5.84. The van der Waals surface area contributed by atoms with Crippen LogP contribution in [0, 0.1) is 5.41 Å². The molecule has 0 spiro atoms. The third-order valence-corrected chi connectivity index (χ3v) is 4.63. The minimum atomic E-state index is 0.0236. The number of hydrogen-bond donors (Lipinski definition) is 0. The van der Waals surface area contributed by atoms with Crippen molar-refractivity contribution in [1.29, 1.82) is 0 Å². The standard InChI is InChI=1S/C19H38O/c1-5-9-13-14-18(20)19(15-10-6-2,16-11-7-3)17-12-8-4/h5-17H2,1-4H3. The maximum absolute atomic E-state index is 12.9. The Morgan fingerprint density at radius 2 is 1.05 bits per heavy atom. The molecule has 0 N–H and O–H groups in total. The highest BCUT2D eigenvalue weighted by atomic mass is 16.1. The van der Waals surface area contributed by atoms with Crippen molar-refractivity contribution in [3.05, 3.63) is 0 Å². The van der Waals surface area contributed by atoms with Crippen molar-refractivity contribution < 1.29 is 4.79 Å². The van der Waals surface area contributed by atoms with Crippen molar-refractivity contribution in [3.8, 4) is 0 Å². The van der Waals surface area contributed by atoms with Gasteiger partial charge in [0.15, 0.2) is 0 Å². The molecule has 0 aromatic rings. The van der Waals surface area contributed by atoms with E-state index in [0.717, 1.165) is 32.1 Å². The summed E-state index contributed by atoms with van der Waals surface area (Å²) in [5, 5.41) is 0. The first-order valence-corrected chi connectivity index (χ1v) is 9.20. The second-order valence-corrected chi connectivity index (χ2v) is 6.47. The van der Waals surface area contributed by atoms with E-state index < -0.39 is 0 Å². The van der Waals surface area contributed by atoms with Crippen LogP contribution in [0.5, 0.6) is 0 Å². The normalized spacial score (nSPS) is 11.8. The zero-order valence-corrected chi connectivity index (χ0v) is 14.6. The molecule has 0 aromatic heterocycles. The fraction of sp³-hybridized carbons (Fsp3) is 0.947. The van der Waals surface area contributed by atoms with E-state index in [1.54, 1.807) is 0 Å². The Labute approximate surface area is 127 Å². The monoisotopic (exact) mass is 282 g/mol. The summed E-state index contributed by atoms with van der Waals surface area (Å²) in [7, 11) is 0. The van der Waals surface area contributed by atoms with E-state index in [1.165, 1.54) is 51.4 Å². The summed E-state index contributed by atoms with van der Waals surface area (Å²) >= 11 is 0.